The Balaban J connectivity index is 2.13. The van der Waals surface area contributed by atoms with Gasteiger partial charge in [0.05, 0.1) is 10.6 Å². The summed E-state index contributed by atoms with van der Waals surface area (Å²) in [5.41, 5.74) is 0.554. The number of carbonyl (C=O) groups is 1. The predicted molar refractivity (Wildman–Crippen MR) is 85.9 cm³/mol. The van der Waals surface area contributed by atoms with Crippen molar-refractivity contribution in [2.45, 2.75) is 25.0 Å². The molecule has 4 nitrogen and oxygen atoms in total. The first-order valence-electron chi connectivity index (χ1n) is 6.69. The molecule has 1 aliphatic heterocycles. The topological polar surface area (TPSA) is 45.2 Å². The lowest BCUT2D eigenvalue weighted by Gasteiger charge is -2.22. The molecule has 20 heavy (non-hydrogen) atoms. The van der Waals surface area contributed by atoms with Crippen molar-refractivity contribution in [2.24, 2.45) is 0 Å². The lowest BCUT2D eigenvalue weighted by atomic mass is 10.1. The molecule has 0 bridgehead atoms. The molecule has 1 N–H and O–H groups in total. The van der Waals surface area contributed by atoms with Crippen LogP contribution >= 0.6 is 23.4 Å². The lowest BCUT2D eigenvalue weighted by molar-refractivity contribution is 0.0764. The molecular formula is C14H20ClN3OS. The van der Waals surface area contributed by atoms with Gasteiger partial charge in [-0.2, -0.15) is 11.8 Å². The van der Waals surface area contributed by atoms with E-state index in [9.17, 15) is 4.79 Å². The Hall–Kier alpha value is -0.940. The maximum Gasteiger partial charge on any atom is 0.255 e. The fourth-order valence-corrected chi connectivity index (χ4v) is 3.51. The molecule has 0 unspecified atom stereocenters. The molecule has 0 saturated carbocycles. The monoisotopic (exact) mass is 313 g/mol. The molecule has 0 aromatic carbocycles. The van der Waals surface area contributed by atoms with Crippen LogP contribution < -0.4 is 5.32 Å². The zero-order valence-corrected chi connectivity index (χ0v) is 13.6. The fraction of sp³-hybridized carbons (Fsp3) is 0.571. The number of hydrogen-bond acceptors (Lipinski definition) is 4. The predicted octanol–water partition coefficient (Wildman–Crippen LogP) is 3.13. The largest absolute Gasteiger partial charge is 0.372 e. The number of amides is 1. The number of thioether (sulfide) groups is 1. The second-order valence-corrected chi connectivity index (χ2v) is 7.66. The van der Waals surface area contributed by atoms with Gasteiger partial charge in [0.25, 0.3) is 5.91 Å². The Labute approximate surface area is 129 Å². The second kappa shape index (κ2) is 6.22. The first-order chi connectivity index (χ1) is 9.43. The van der Waals surface area contributed by atoms with Crippen molar-refractivity contribution in [3.63, 3.8) is 0 Å². The van der Waals surface area contributed by atoms with Crippen LogP contribution in [0.4, 0.5) is 5.82 Å². The fourth-order valence-electron chi connectivity index (χ4n) is 2.14. The van der Waals surface area contributed by atoms with E-state index in [0.717, 1.165) is 25.3 Å². The van der Waals surface area contributed by atoms with Crippen LogP contribution in [0.25, 0.3) is 0 Å². The van der Waals surface area contributed by atoms with Gasteiger partial charge in [-0.15, -0.1) is 0 Å². The number of nitrogens with zero attached hydrogens (tertiary/aromatic N) is 2. The van der Waals surface area contributed by atoms with Crippen molar-refractivity contribution in [3.05, 3.63) is 22.8 Å². The minimum atomic E-state index is 0.0142. The molecule has 2 heterocycles. The lowest BCUT2D eigenvalue weighted by Crippen LogP contribution is -2.33. The van der Waals surface area contributed by atoms with E-state index in [4.69, 9.17) is 11.6 Å². The van der Waals surface area contributed by atoms with Gasteiger partial charge in [-0.1, -0.05) is 25.4 Å². The number of hydrogen-bond donors (Lipinski definition) is 1. The third-order valence-electron chi connectivity index (χ3n) is 3.45. The molecule has 1 amide bonds. The van der Waals surface area contributed by atoms with Gasteiger partial charge >= 0.3 is 0 Å². The molecule has 0 spiro atoms. The number of pyridine rings is 1. The van der Waals surface area contributed by atoms with Crippen LogP contribution in [0.2, 0.25) is 5.02 Å². The van der Waals surface area contributed by atoms with Gasteiger partial charge in [-0.25, -0.2) is 4.98 Å². The van der Waals surface area contributed by atoms with Gasteiger partial charge in [-0.05, 0) is 12.5 Å². The molecular weight excluding hydrogens is 294 g/mol. The molecule has 0 atom stereocenters. The van der Waals surface area contributed by atoms with Gasteiger partial charge in [0.2, 0.25) is 0 Å². The van der Waals surface area contributed by atoms with Gasteiger partial charge in [-0.3, -0.25) is 4.79 Å². The molecule has 1 fully saturated rings. The minimum absolute atomic E-state index is 0.0142. The van der Waals surface area contributed by atoms with Crippen LogP contribution in [0.3, 0.4) is 0 Å². The van der Waals surface area contributed by atoms with Gasteiger partial charge in [0.15, 0.2) is 0 Å². The van der Waals surface area contributed by atoms with Crippen LogP contribution in [-0.2, 0) is 0 Å². The molecule has 1 aliphatic rings. The van der Waals surface area contributed by atoms with E-state index in [1.807, 2.05) is 16.7 Å². The van der Waals surface area contributed by atoms with E-state index < -0.39 is 0 Å². The zero-order valence-electron chi connectivity index (χ0n) is 12.1. The number of anilines is 1. The van der Waals surface area contributed by atoms with E-state index in [-0.39, 0.29) is 10.7 Å². The molecule has 2 rings (SSSR count). The molecule has 1 aromatic rings. The smallest absolute Gasteiger partial charge is 0.255 e. The van der Waals surface area contributed by atoms with Crippen molar-refractivity contribution < 1.29 is 4.79 Å². The van der Waals surface area contributed by atoms with E-state index in [2.05, 4.69) is 24.1 Å². The molecule has 0 radical (unpaired) electrons. The summed E-state index contributed by atoms with van der Waals surface area (Å²) in [5, 5.41) is 3.37. The van der Waals surface area contributed by atoms with Crippen molar-refractivity contribution in [1.29, 1.82) is 0 Å². The van der Waals surface area contributed by atoms with Gasteiger partial charge < -0.3 is 10.2 Å². The Morgan fingerprint density at radius 1 is 1.50 bits per heavy atom. The molecule has 6 heteroatoms. The number of halogens is 1. The average Bonchev–Trinajstić information content (AvgIpc) is 2.59. The molecule has 1 aromatic heterocycles. The van der Waals surface area contributed by atoms with Crippen molar-refractivity contribution >= 4 is 35.1 Å². The summed E-state index contributed by atoms with van der Waals surface area (Å²) >= 11 is 8.01. The molecule has 1 saturated heterocycles. The van der Waals surface area contributed by atoms with Gasteiger partial charge in [0, 0.05) is 36.8 Å². The van der Waals surface area contributed by atoms with Crippen LogP contribution in [0.1, 0.15) is 30.6 Å². The maximum atomic E-state index is 12.5. The van der Waals surface area contributed by atoms with Crippen molar-refractivity contribution in [2.75, 3.05) is 31.2 Å². The quantitative estimate of drug-likeness (QED) is 0.911. The Bertz CT molecular complexity index is 507. The van der Waals surface area contributed by atoms with E-state index in [0.29, 0.717) is 16.4 Å². The van der Waals surface area contributed by atoms with Crippen LogP contribution in [0, 0.1) is 0 Å². The summed E-state index contributed by atoms with van der Waals surface area (Å²) in [6.07, 6.45) is 2.59. The van der Waals surface area contributed by atoms with Crippen LogP contribution in [0.5, 0.6) is 0 Å². The summed E-state index contributed by atoms with van der Waals surface area (Å²) in [5.74, 6) is 1.57. The SMILES string of the molecule is CNc1ncc(C(=O)N2CCSC(C)(C)CC2)cc1Cl. The van der Waals surface area contributed by atoms with Crippen LogP contribution in [0.15, 0.2) is 12.3 Å². The third-order valence-corrected chi connectivity index (χ3v) is 5.11. The summed E-state index contributed by atoms with van der Waals surface area (Å²) in [4.78, 5) is 18.6. The van der Waals surface area contributed by atoms with Crippen molar-refractivity contribution in [1.82, 2.24) is 9.88 Å². The minimum Gasteiger partial charge on any atom is -0.372 e. The highest BCUT2D eigenvalue weighted by molar-refractivity contribution is 8.00. The summed E-state index contributed by atoms with van der Waals surface area (Å²) < 4.78 is 0.237. The number of carbonyl (C=O) groups excluding carboxylic acids is 1. The van der Waals surface area contributed by atoms with Crippen molar-refractivity contribution in [3.8, 4) is 0 Å². The highest BCUT2D eigenvalue weighted by Gasteiger charge is 2.26. The Kier molecular flexibility index (Phi) is 4.81. The summed E-state index contributed by atoms with van der Waals surface area (Å²) in [7, 11) is 1.75. The van der Waals surface area contributed by atoms with E-state index in [1.54, 1.807) is 19.3 Å². The maximum absolute atomic E-state index is 12.5. The van der Waals surface area contributed by atoms with E-state index in [1.165, 1.54) is 0 Å². The number of rotatable bonds is 2. The third kappa shape index (κ3) is 3.58. The Morgan fingerprint density at radius 2 is 2.25 bits per heavy atom. The molecule has 0 aliphatic carbocycles. The van der Waals surface area contributed by atoms with Crippen LogP contribution in [-0.4, -0.2) is 46.4 Å². The summed E-state index contributed by atoms with van der Waals surface area (Å²) in [6, 6.07) is 1.69. The normalized spacial score (nSPS) is 18.5. The zero-order chi connectivity index (χ0) is 14.8. The number of nitrogens with one attached hydrogen (secondary N) is 1. The highest BCUT2D eigenvalue weighted by atomic mass is 35.5. The summed E-state index contributed by atoms with van der Waals surface area (Å²) in [6.45, 7) is 6.01. The van der Waals surface area contributed by atoms with Gasteiger partial charge in [0.1, 0.15) is 5.82 Å². The second-order valence-electron chi connectivity index (χ2n) is 5.45. The Morgan fingerprint density at radius 3 is 2.90 bits per heavy atom. The molecule has 110 valence electrons. The first kappa shape index (κ1) is 15.4. The average molecular weight is 314 g/mol. The highest BCUT2D eigenvalue weighted by Crippen LogP contribution is 2.31. The standard InChI is InChI=1S/C14H20ClN3OS/c1-14(2)4-5-18(6-7-20-14)13(19)10-8-11(15)12(16-3)17-9-10/h8-9H,4-7H2,1-3H3,(H,16,17). The number of aromatic nitrogens is 1. The first-order valence-corrected chi connectivity index (χ1v) is 8.06. The van der Waals surface area contributed by atoms with E-state index >= 15 is 0 Å².